The first-order valence-electron chi connectivity index (χ1n) is 9.50. The lowest BCUT2D eigenvalue weighted by molar-refractivity contribution is -0.119. The molecule has 3 aromatic rings. The monoisotopic (exact) mass is 410 g/mol. The van der Waals surface area contributed by atoms with Gasteiger partial charge in [0.25, 0.3) is 5.91 Å². The molecule has 0 fully saturated rings. The van der Waals surface area contributed by atoms with E-state index in [0.717, 1.165) is 6.07 Å². The summed E-state index contributed by atoms with van der Waals surface area (Å²) in [5.41, 5.74) is 0.658. The third-order valence-electron chi connectivity index (χ3n) is 4.12. The largest absolute Gasteiger partial charge is 0.490 e. The molecule has 156 valence electrons. The van der Waals surface area contributed by atoms with E-state index in [9.17, 15) is 14.4 Å². The Bertz CT molecular complexity index is 1120. The molecule has 0 unspecified atom stereocenters. The number of carbonyl (C=O) groups excluding carboxylic acids is 2. The fraction of sp³-hybridized carbons (Fsp3) is 0.227. The van der Waals surface area contributed by atoms with E-state index in [-0.39, 0.29) is 11.1 Å². The smallest absolute Gasteiger partial charge is 0.355 e. The van der Waals surface area contributed by atoms with E-state index in [4.69, 9.17) is 14.2 Å². The van der Waals surface area contributed by atoms with Crippen molar-refractivity contribution in [2.24, 2.45) is 0 Å². The van der Waals surface area contributed by atoms with E-state index in [1.807, 2.05) is 13.8 Å². The maximum atomic E-state index is 12.2. The second-order valence-electron chi connectivity index (χ2n) is 6.24. The van der Waals surface area contributed by atoms with Crippen LogP contribution in [-0.4, -0.2) is 36.7 Å². The molecule has 0 saturated heterocycles. The van der Waals surface area contributed by atoms with Crippen LogP contribution in [0.3, 0.4) is 0 Å². The van der Waals surface area contributed by atoms with E-state index in [1.54, 1.807) is 42.5 Å². The first kappa shape index (κ1) is 20.9. The molecule has 1 aromatic heterocycles. The van der Waals surface area contributed by atoms with Gasteiger partial charge in [-0.25, -0.2) is 4.79 Å². The summed E-state index contributed by atoms with van der Waals surface area (Å²) >= 11 is 0. The van der Waals surface area contributed by atoms with Crippen molar-refractivity contribution >= 4 is 28.5 Å². The zero-order valence-corrected chi connectivity index (χ0v) is 16.7. The molecule has 1 heterocycles. The number of carbonyl (C=O) groups is 2. The number of amides is 1. The SMILES string of the molecule is CCOc1ccc(NC(=O)COC(=O)c2cc(=O)c3ccccc3[nH]2)cc1OCC. The van der Waals surface area contributed by atoms with Gasteiger partial charge in [-0.05, 0) is 38.1 Å². The minimum absolute atomic E-state index is 0.0220. The molecule has 0 aliphatic rings. The van der Waals surface area contributed by atoms with E-state index in [2.05, 4.69) is 10.3 Å². The van der Waals surface area contributed by atoms with Gasteiger partial charge in [0.15, 0.2) is 23.5 Å². The fourth-order valence-electron chi connectivity index (χ4n) is 2.84. The molecule has 30 heavy (non-hydrogen) atoms. The second kappa shape index (κ2) is 9.60. The molecule has 0 aliphatic heterocycles. The van der Waals surface area contributed by atoms with Gasteiger partial charge in [-0.1, -0.05) is 12.1 Å². The zero-order valence-electron chi connectivity index (χ0n) is 16.7. The molecule has 0 bridgehead atoms. The molecule has 0 aliphatic carbocycles. The molecular formula is C22H22N2O6. The number of aromatic amines is 1. The number of para-hydroxylation sites is 1. The number of benzene rings is 2. The molecule has 1 amide bonds. The van der Waals surface area contributed by atoms with Gasteiger partial charge in [-0.15, -0.1) is 0 Å². The molecule has 8 heteroatoms. The summed E-state index contributed by atoms with van der Waals surface area (Å²) in [4.78, 5) is 39.4. The van der Waals surface area contributed by atoms with E-state index >= 15 is 0 Å². The van der Waals surface area contributed by atoms with Gasteiger partial charge in [-0.2, -0.15) is 0 Å². The van der Waals surface area contributed by atoms with Crippen LogP contribution in [0.5, 0.6) is 11.5 Å². The number of hydrogen-bond donors (Lipinski definition) is 2. The molecule has 0 radical (unpaired) electrons. The average molecular weight is 410 g/mol. The summed E-state index contributed by atoms with van der Waals surface area (Å²) in [7, 11) is 0. The molecule has 2 aromatic carbocycles. The minimum Gasteiger partial charge on any atom is -0.490 e. The Morgan fingerprint density at radius 1 is 0.967 bits per heavy atom. The molecule has 3 rings (SSSR count). The number of nitrogens with one attached hydrogen (secondary N) is 2. The number of pyridine rings is 1. The lowest BCUT2D eigenvalue weighted by atomic mass is 10.2. The van der Waals surface area contributed by atoms with Gasteiger partial charge in [0.05, 0.1) is 13.2 Å². The Morgan fingerprint density at radius 2 is 1.70 bits per heavy atom. The average Bonchev–Trinajstić information content (AvgIpc) is 2.74. The summed E-state index contributed by atoms with van der Waals surface area (Å²) in [6, 6.07) is 13.0. The Balaban J connectivity index is 1.64. The standard InChI is InChI=1S/C22H22N2O6/c1-3-28-19-10-9-14(11-20(19)29-4-2)23-21(26)13-30-22(27)17-12-18(25)15-7-5-6-8-16(15)24-17/h5-12H,3-4,13H2,1-2H3,(H,23,26)(H,24,25). The van der Waals surface area contributed by atoms with Crippen LogP contribution in [0.4, 0.5) is 5.69 Å². The Kier molecular flexibility index (Phi) is 6.69. The van der Waals surface area contributed by atoms with Crippen LogP contribution in [0.1, 0.15) is 24.3 Å². The number of H-pyrrole nitrogens is 1. The van der Waals surface area contributed by atoms with Crippen LogP contribution < -0.4 is 20.2 Å². The van der Waals surface area contributed by atoms with Crippen molar-refractivity contribution in [1.82, 2.24) is 4.98 Å². The van der Waals surface area contributed by atoms with Crippen LogP contribution in [0.25, 0.3) is 10.9 Å². The number of ether oxygens (including phenoxy) is 3. The maximum Gasteiger partial charge on any atom is 0.355 e. The number of anilines is 1. The zero-order chi connectivity index (χ0) is 21.5. The summed E-state index contributed by atoms with van der Waals surface area (Å²) in [6.45, 7) is 4.13. The Labute approximate surface area is 172 Å². The molecule has 0 spiro atoms. The third kappa shape index (κ3) is 4.96. The molecule has 8 nitrogen and oxygen atoms in total. The maximum absolute atomic E-state index is 12.2. The van der Waals surface area contributed by atoms with Gasteiger partial charge in [0, 0.05) is 28.7 Å². The van der Waals surface area contributed by atoms with Crippen molar-refractivity contribution in [1.29, 1.82) is 0 Å². The van der Waals surface area contributed by atoms with Crippen molar-refractivity contribution in [3.05, 3.63) is 64.4 Å². The first-order valence-corrected chi connectivity index (χ1v) is 9.50. The van der Waals surface area contributed by atoms with E-state index in [0.29, 0.717) is 41.3 Å². The normalized spacial score (nSPS) is 10.5. The first-order chi connectivity index (χ1) is 14.5. The van der Waals surface area contributed by atoms with Crippen LogP contribution >= 0.6 is 0 Å². The Morgan fingerprint density at radius 3 is 2.47 bits per heavy atom. The lowest BCUT2D eigenvalue weighted by Gasteiger charge is -2.13. The molecule has 0 atom stereocenters. The topological polar surface area (TPSA) is 107 Å². The van der Waals surface area contributed by atoms with Crippen molar-refractivity contribution in [3.63, 3.8) is 0 Å². The van der Waals surface area contributed by atoms with Crippen LogP contribution in [0.2, 0.25) is 0 Å². The van der Waals surface area contributed by atoms with Gasteiger partial charge in [0.2, 0.25) is 0 Å². The van der Waals surface area contributed by atoms with Gasteiger partial charge in [0.1, 0.15) is 5.69 Å². The number of hydrogen-bond acceptors (Lipinski definition) is 6. The summed E-state index contributed by atoms with van der Waals surface area (Å²) in [5, 5.41) is 3.10. The second-order valence-corrected chi connectivity index (χ2v) is 6.24. The predicted octanol–water partition coefficient (Wildman–Crippen LogP) is 3.12. The summed E-state index contributed by atoms with van der Waals surface area (Å²) in [6.07, 6.45) is 0. The van der Waals surface area contributed by atoms with Crippen molar-refractivity contribution in [2.45, 2.75) is 13.8 Å². The summed E-state index contributed by atoms with van der Waals surface area (Å²) < 4.78 is 16.0. The minimum atomic E-state index is -0.797. The van der Waals surface area contributed by atoms with Crippen molar-refractivity contribution in [3.8, 4) is 11.5 Å². The highest BCUT2D eigenvalue weighted by molar-refractivity contribution is 5.96. The molecular weight excluding hydrogens is 388 g/mol. The quantitative estimate of drug-likeness (QED) is 0.553. The van der Waals surface area contributed by atoms with Gasteiger partial charge in [-0.3, -0.25) is 9.59 Å². The fourth-order valence-corrected chi connectivity index (χ4v) is 2.84. The van der Waals surface area contributed by atoms with Crippen molar-refractivity contribution < 1.29 is 23.8 Å². The third-order valence-corrected chi connectivity index (χ3v) is 4.12. The van der Waals surface area contributed by atoms with Crippen LogP contribution in [0, 0.1) is 0 Å². The molecule has 0 saturated carbocycles. The van der Waals surface area contributed by atoms with Gasteiger partial charge >= 0.3 is 5.97 Å². The lowest BCUT2D eigenvalue weighted by Crippen LogP contribution is -2.22. The Hall–Kier alpha value is -3.81. The number of fused-ring (bicyclic) bond motifs is 1. The highest BCUT2D eigenvalue weighted by Gasteiger charge is 2.14. The number of esters is 1. The predicted molar refractivity (Wildman–Crippen MR) is 112 cm³/mol. The summed E-state index contributed by atoms with van der Waals surface area (Å²) in [5.74, 6) is -0.250. The highest BCUT2D eigenvalue weighted by atomic mass is 16.5. The number of aromatic nitrogens is 1. The van der Waals surface area contributed by atoms with Gasteiger partial charge < -0.3 is 24.5 Å². The van der Waals surface area contributed by atoms with E-state index in [1.165, 1.54) is 0 Å². The number of rotatable bonds is 8. The highest BCUT2D eigenvalue weighted by Crippen LogP contribution is 2.30. The molecule has 2 N–H and O–H groups in total. The van der Waals surface area contributed by atoms with Crippen LogP contribution in [0.15, 0.2) is 53.3 Å². The van der Waals surface area contributed by atoms with E-state index < -0.39 is 18.5 Å². The van der Waals surface area contributed by atoms with Crippen LogP contribution in [-0.2, 0) is 9.53 Å². The van der Waals surface area contributed by atoms with Crippen molar-refractivity contribution in [2.75, 3.05) is 25.1 Å².